The van der Waals surface area contributed by atoms with E-state index in [1.165, 1.54) is 22.2 Å². The quantitative estimate of drug-likeness (QED) is 0.297. The van der Waals surface area contributed by atoms with Crippen LogP contribution in [-0.2, 0) is 18.4 Å². The molecule has 2 fully saturated rings. The normalized spacial score (nSPS) is 20.0. The lowest BCUT2D eigenvalue weighted by molar-refractivity contribution is -0.142. The summed E-state index contributed by atoms with van der Waals surface area (Å²) >= 11 is 3.00. The topological polar surface area (TPSA) is 114 Å². The van der Waals surface area contributed by atoms with E-state index in [2.05, 4.69) is 9.97 Å². The van der Waals surface area contributed by atoms with E-state index in [0.717, 1.165) is 16.1 Å². The number of likely N-dealkylation sites (tertiary alicyclic amines) is 2. The number of thiazole rings is 1. The zero-order chi connectivity index (χ0) is 31.1. The van der Waals surface area contributed by atoms with Gasteiger partial charge in [-0.05, 0) is 42.3 Å². The number of aromatic nitrogens is 4. The third kappa shape index (κ3) is 5.73. The largest absolute Gasteiger partial charge is 0.388 e. The summed E-state index contributed by atoms with van der Waals surface area (Å²) in [5, 5.41) is 16.8. The van der Waals surface area contributed by atoms with Gasteiger partial charge in [0.05, 0.1) is 23.7 Å². The van der Waals surface area contributed by atoms with Gasteiger partial charge in [0, 0.05) is 62.2 Å². The van der Waals surface area contributed by atoms with Crippen molar-refractivity contribution in [2.45, 2.75) is 37.3 Å². The van der Waals surface area contributed by atoms with Gasteiger partial charge in [-0.2, -0.15) is 11.3 Å². The van der Waals surface area contributed by atoms with E-state index < -0.39 is 5.60 Å². The number of benzene rings is 1. The lowest BCUT2D eigenvalue weighted by Gasteiger charge is -2.43. The highest BCUT2D eigenvalue weighted by molar-refractivity contribution is 7.17. The van der Waals surface area contributed by atoms with E-state index in [1.54, 1.807) is 34.4 Å². The van der Waals surface area contributed by atoms with Crippen molar-refractivity contribution in [2.75, 3.05) is 26.2 Å². The lowest BCUT2D eigenvalue weighted by Crippen LogP contribution is -2.53. The van der Waals surface area contributed by atoms with Crippen LogP contribution in [0, 0.1) is 5.92 Å². The van der Waals surface area contributed by atoms with Crippen molar-refractivity contribution in [1.29, 1.82) is 0 Å². The number of hydrogen-bond donors (Lipinski definition) is 1. The second-order valence-electron chi connectivity index (χ2n) is 12.1. The first kappa shape index (κ1) is 29.6. The number of aryl methyl sites for hydroxylation is 1. The van der Waals surface area contributed by atoms with Crippen LogP contribution in [0.3, 0.4) is 0 Å². The van der Waals surface area contributed by atoms with Gasteiger partial charge in [0.25, 0.3) is 11.5 Å². The van der Waals surface area contributed by atoms with Crippen LogP contribution in [-0.4, -0.2) is 77.6 Å². The van der Waals surface area contributed by atoms with Crippen molar-refractivity contribution < 1.29 is 14.7 Å². The second kappa shape index (κ2) is 12.0. The molecule has 4 aromatic heterocycles. The molecule has 12 heteroatoms. The predicted molar refractivity (Wildman–Crippen MR) is 174 cm³/mol. The van der Waals surface area contributed by atoms with Crippen LogP contribution in [0.5, 0.6) is 0 Å². The first-order valence-electron chi connectivity index (χ1n) is 15.1. The highest BCUT2D eigenvalue weighted by Crippen LogP contribution is 2.37. The highest BCUT2D eigenvalue weighted by atomic mass is 32.1. The smallest absolute Gasteiger partial charge is 0.265 e. The molecule has 2 aliphatic heterocycles. The molecule has 0 aliphatic carbocycles. The molecule has 7 rings (SSSR count). The fraction of sp³-hybridized carbons (Fsp3) is 0.364. The molecule has 1 aromatic carbocycles. The summed E-state index contributed by atoms with van der Waals surface area (Å²) in [5.41, 5.74) is 1.37. The number of thiophene rings is 1. The minimum Gasteiger partial charge on any atom is -0.388 e. The number of nitrogens with zero attached hydrogens (tertiary/aromatic N) is 6. The Bertz CT molecular complexity index is 1890. The molecular formula is C33H34N6O4S2. The number of hydrogen-bond acceptors (Lipinski definition) is 8. The Balaban J connectivity index is 1.04. The molecular weight excluding hydrogens is 609 g/mol. The number of rotatable bonds is 6. The van der Waals surface area contributed by atoms with E-state index in [1.807, 2.05) is 64.0 Å². The van der Waals surface area contributed by atoms with Crippen molar-refractivity contribution in [2.24, 2.45) is 13.0 Å². The van der Waals surface area contributed by atoms with Crippen LogP contribution in [0.1, 0.15) is 40.4 Å². The molecule has 232 valence electrons. The molecule has 0 bridgehead atoms. The van der Waals surface area contributed by atoms with E-state index in [0.29, 0.717) is 61.4 Å². The number of aliphatic hydroxyl groups is 1. The van der Waals surface area contributed by atoms with Gasteiger partial charge in [0.15, 0.2) is 0 Å². The van der Waals surface area contributed by atoms with Gasteiger partial charge in [-0.1, -0.05) is 30.3 Å². The summed E-state index contributed by atoms with van der Waals surface area (Å²) in [7, 11) is 1.84. The van der Waals surface area contributed by atoms with Gasteiger partial charge in [-0.25, -0.2) is 9.97 Å². The average molecular weight is 643 g/mol. The third-order valence-electron chi connectivity index (χ3n) is 9.25. The molecule has 10 nitrogen and oxygen atoms in total. The summed E-state index contributed by atoms with van der Waals surface area (Å²) in [4.78, 5) is 53.9. The van der Waals surface area contributed by atoms with Crippen LogP contribution in [0.2, 0.25) is 0 Å². The third-order valence-corrected chi connectivity index (χ3v) is 11.0. The Hall–Kier alpha value is -4.13. The maximum absolute atomic E-state index is 14.1. The standard InChI is InChI=1S/C33H34N6O4S2/c1-36-12-7-25-28(36)35-21-39(31(25)41)20-33(43)10-14-37(15-11-33)30(40)24-8-13-38(18-26(24)22-5-3-2-4-6-22)32(42)27-17-34-29(45-27)23-9-16-44-19-23/h2-7,9,12,16-17,19,21,24,26,43H,8,10-11,13-15,18,20H2,1H3/t24-,26+/m1/s1. The number of amides is 2. The average Bonchev–Trinajstić information content (AvgIpc) is 3.84. The van der Waals surface area contributed by atoms with Gasteiger partial charge >= 0.3 is 0 Å². The summed E-state index contributed by atoms with van der Waals surface area (Å²) < 4.78 is 3.27. The summed E-state index contributed by atoms with van der Waals surface area (Å²) in [6.07, 6.45) is 6.24. The van der Waals surface area contributed by atoms with Gasteiger partial charge in [0.2, 0.25) is 5.91 Å². The Labute approximate surface area is 268 Å². The maximum Gasteiger partial charge on any atom is 0.265 e. The van der Waals surface area contributed by atoms with Crippen molar-refractivity contribution in [1.82, 2.24) is 28.9 Å². The number of carbonyl (C=O) groups is 2. The SMILES string of the molecule is Cn1ccc2c(=O)n(CC3(O)CCN(C(=O)[C@@H]4CCN(C(=O)c5cnc(-c6ccsc6)s5)C[C@H]4c4ccccc4)CC3)cnc21. The van der Waals surface area contributed by atoms with Crippen molar-refractivity contribution >= 4 is 45.5 Å². The van der Waals surface area contributed by atoms with Gasteiger partial charge in [-0.15, -0.1) is 11.3 Å². The first-order chi connectivity index (χ1) is 21.8. The molecule has 0 saturated carbocycles. The number of piperidine rings is 2. The highest BCUT2D eigenvalue weighted by Gasteiger charge is 2.42. The molecule has 6 heterocycles. The molecule has 0 spiro atoms. The van der Waals surface area contributed by atoms with Gasteiger partial charge in [0.1, 0.15) is 21.9 Å². The van der Waals surface area contributed by atoms with Crippen LogP contribution in [0.4, 0.5) is 0 Å². The van der Waals surface area contributed by atoms with E-state index in [9.17, 15) is 19.5 Å². The Morgan fingerprint density at radius 1 is 1.04 bits per heavy atom. The zero-order valence-electron chi connectivity index (χ0n) is 24.9. The minimum atomic E-state index is -1.12. The van der Waals surface area contributed by atoms with Gasteiger partial charge < -0.3 is 19.5 Å². The molecule has 0 radical (unpaired) electrons. The lowest BCUT2D eigenvalue weighted by atomic mass is 9.79. The summed E-state index contributed by atoms with van der Waals surface area (Å²) in [6, 6.07) is 13.7. The Kier molecular flexibility index (Phi) is 7.88. The second-order valence-corrected chi connectivity index (χ2v) is 13.9. The Morgan fingerprint density at radius 3 is 2.60 bits per heavy atom. The molecule has 2 amide bonds. The monoisotopic (exact) mass is 642 g/mol. The minimum absolute atomic E-state index is 0.0535. The van der Waals surface area contributed by atoms with Crippen LogP contribution < -0.4 is 5.56 Å². The molecule has 1 N–H and O–H groups in total. The zero-order valence-corrected chi connectivity index (χ0v) is 26.5. The molecule has 2 aliphatic rings. The van der Waals surface area contributed by atoms with Crippen LogP contribution >= 0.6 is 22.7 Å². The van der Waals surface area contributed by atoms with E-state index >= 15 is 0 Å². The van der Waals surface area contributed by atoms with Crippen molar-refractivity contribution in [3.8, 4) is 10.6 Å². The Morgan fingerprint density at radius 2 is 1.84 bits per heavy atom. The molecule has 5 aromatic rings. The van der Waals surface area contributed by atoms with Crippen LogP contribution in [0.15, 0.2) is 76.7 Å². The summed E-state index contributed by atoms with van der Waals surface area (Å²) in [6.45, 7) is 1.86. The van der Waals surface area contributed by atoms with Gasteiger partial charge in [-0.3, -0.25) is 19.0 Å². The first-order valence-corrected chi connectivity index (χ1v) is 16.9. The van der Waals surface area contributed by atoms with E-state index in [-0.39, 0.29) is 35.8 Å². The van der Waals surface area contributed by atoms with E-state index in [4.69, 9.17) is 0 Å². The number of carbonyl (C=O) groups excluding carboxylic acids is 2. The molecule has 2 saturated heterocycles. The van der Waals surface area contributed by atoms with Crippen molar-refractivity contribution in [3.05, 3.63) is 92.7 Å². The number of fused-ring (bicyclic) bond motifs is 1. The molecule has 2 atom stereocenters. The fourth-order valence-corrected chi connectivity index (χ4v) is 8.26. The fourth-order valence-electron chi connectivity index (χ4n) is 6.66. The predicted octanol–water partition coefficient (Wildman–Crippen LogP) is 4.22. The molecule has 0 unspecified atom stereocenters. The molecule has 45 heavy (non-hydrogen) atoms. The maximum atomic E-state index is 14.1. The van der Waals surface area contributed by atoms with Crippen LogP contribution in [0.25, 0.3) is 21.6 Å². The van der Waals surface area contributed by atoms with Crippen molar-refractivity contribution in [3.63, 3.8) is 0 Å². The summed E-state index contributed by atoms with van der Waals surface area (Å²) in [5.74, 6) is -0.427.